The molecule has 1 aromatic heterocycles. The number of anilines is 1. The van der Waals surface area contributed by atoms with Crippen LogP contribution >= 0.6 is 0 Å². The Balaban J connectivity index is 2.54. The van der Waals surface area contributed by atoms with Crippen LogP contribution in [0, 0.1) is 6.42 Å². The van der Waals surface area contributed by atoms with Crippen molar-refractivity contribution in [1.82, 2.24) is 0 Å². The van der Waals surface area contributed by atoms with E-state index in [4.69, 9.17) is 4.42 Å². The van der Waals surface area contributed by atoms with E-state index < -0.39 is 0 Å². The topological polar surface area (TPSA) is 25.2 Å². The normalized spacial score (nSPS) is 15.5. The van der Waals surface area contributed by atoms with Gasteiger partial charge in [-0.3, -0.25) is 0 Å². The van der Waals surface area contributed by atoms with Crippen molar-refractivity contribution in [2.45, 2.75) is 0 Å². The van der Waals surface area contributed by atoms with Crippen molar-refractivity contribution in [3.63, 3.8) is 0 Å². The second-order valence-electron chi connectivity index (χ2n) is 1.69. The fourth-order valence-electron chi connectivity index (χ4n) is 0.805. The van der Waals surface area contributed by atoms with E-state index in [1.807, 2.05) is 6.07 Å². The molecule has 0 saturated carbocycles. The van der Waals surface area contributed by atoms with Crippen molar-refractivity contribution in [3.05, 3.63) is 24.5 Å². The summed E-state index contributed by atoms with van der Waals surface area (Å²) < 4.78 is 5.00. The van der Waals surface area contributed by atoms with Gasteiger partial charge in [-0.05, 0) is 6.07 Å². The molecule has 1 aliphatic rings. The lowest BCUT2D eigenvalue weighted by Gasteiger charge is -1.84. The highest BCUT2D eigenvalue weighted by Crippen LogP contribution is 2.23. The first-order valence-corrected chi connectivity index (χ1v) is 2.52. The first kappa shape index (κ1) is 4.01. The molecular weight excluding hydrogens is 102 g/mol. The summed E-state index contributed by atoms with van der Waals surface area (Å²) in [6.45, 7) is 0.787. The molecule has 0 amide bonds. The van der Waals surface area contributed by atoms with Gasteiger partial charge in [0.05, 0.1) is 18.4 Å². The highest BCUT2D eigenvalue weighted by Gasteiger charge is 2.11. The average Bonchev–Trinajstić information content (AvgIpc) is 2.15. The summed E-state index contributed by atoms with van der Waals surface area (Å²) in [7, 11) is 0. The molecule has 0 aromatic carbocycles. The fourth-order valence-corrected chi connectivity index (χ4v) is 0.805. The molecule has 1 aliphatic heterocycles. The fraction of sp³-hybridized carbons (Fsp3) is 0.167. The van der Waals surface area contributed by atoms with Crippen LogP contribution in [0.25, 0.3) is 0 Å². The summed E-state index contributed by atoms with van der Waals surface area (Å²) >= 11 is 0. The molecule has 40 valence electrons. The number of nitrogens with one attached hydrogen (secondary N) is 1. The highest BCUT2D eigenvalue weighted by molar-refractivity contribution is 5.55. The lowest BCUT2D eigenvalue weighted by molar-refractivity contribution is 0.544. The summed E-state index contributed by atoms with van der Waals surface area (Å²) in [5.74, 6) is 0.852. The third kappa shape index (κ3) is 0.372. The zero-order valence-corrected chi connectivity index (χ0v) is 4.27. The van der Waals surface area contributed by atoms with Gasteiger partial charge in [0.2, 0.25) is 0 Å². The van der Waals surface area contributed by atoms with Crippen molar-refractivity contribution >= 4 is 5.69 Å². The highest BCUT2D eigenvalue weighted by atomic mass is 16.3. The molecule has 2 rings (SSSR count). The van der Waals surface area contributed by atoms with E-state index in [1.165, 1.54) is 0 Å². The van der Waals surface area contributed by atoms with Crippen LogP contribution in [0.15, 0.2) is 16.7 Å². The van der Waals surface area contributed by atoms with Crippen LogP contribution in [0.2, 0.25) is 0 Å². The predicted molar refractivity (Wildman–Crippen MR) is 29.5 cm³/mol. The van der Waals surface area contributed by atoms with Gasteiger partial charge < -0.3 is 9.73 Å². The maximum Gasteiger partial charge on any atom is 0.136 e. The van der Waals surface area contributed by atoms with Crippen LogP contribution in [0.4, 0.5) is 5.69 Å². The molecular formula is C6H5NO. The Bertz CT molecular complexity index is 174. The van der Waals surface area contributed by atoms with Crippen LogP contribution < -0.4 is 5.32 Å². The molecule has 0 unspecified atom stereocenters. The minimum Gasteiger partial charge on any atom is -0.466 e. The zero-order valence-electron chi connectivity index (χ0n) is 4.27. The van der Waals surface area contributed by atoms with Crippen LogP contribution in [0.5, 0.6) is 0 Å². The van der Waals surface area contributed by atoms with E-state index in [0.717, 1.165) is 18.0 Å². The van der Waals surface area contributed by atoms with Gasteiger partial charge in [0.15, 0.2) is 0 Å². The number of hydrogen-bond acceptors (Lipinski definition) is 2. The second-order valence-corrected chi connectivity index (χ2v) is 1.69. The second kappa shape index (κ2) is 1.28. The largest absolute Gasteiger partial charge is 0.466 e. The molecule has 0 atom stereocenters. The van der Waals surface area contributed by atoms with Gasteiger partial charge >= 0.3 is 0 Å². The Labute approximate surface area is 47.5 Å². The lowest BCUT2D eigenvalue weighted by atomic mass is 10.4. The van der Waals surface area contributed by atoms with E-state index >= 15 is 0 Å². The van der Waals surface area contributed by atoms with E-state index in [-0.39, 0.29) is 0 Å². The monoisotopic (exact) mass is 107 g/mol. The number of fused-ring (bicyclic) bond motifs is 1. The molecule has 2 nitrogen and oxygen atoms in total. The molecule has 0 fully saturated rings. The van der Waals surface area contributed by atoms with Crippen LogP contribution in [-0.4, -0.2) is 6.54 Å². The maximum atomic E-state index is 5.00. The average molecular weight is 107 g/mol. The van der Waals surface area contributed by atoms with Crippen LogP contribution in [0.1, 0.15) is 5.76 Å². The molecule has 1 N–H and O–H groups in total. The first-order valence-electron chi connectivity index (χ1n) is 2.52. The van der Waals surface area contributed by atoms with Crippen molar-refractivity contribution in [1.29, 1.82) is 0 Å². The number of furan rings is 1. The standard InChI is InChI=1S/C6H5NO/c1-3-7-5-2-4-8-6(1)5/h2,4,7H,3H2. The molecule has 2 radical (unpaired) electrons. The molecule has 2 heteroatoms. The third-order valence-corrected chi connectivity index (χ3v) is 1.19. The minimum atomic E-state index is 0.787. The molecule has 0 spiro atoms. The SMILES string of the molecule is [C]1CNc2ccoc21. The third-order valence-electron chi connectivity index (χ3n) is 1.19. The Hall–Kier alpha value is -0.920. The molecule has 0 bridgehead atoms. The Morgan fingerprint density at radius 3 is 3.62 bits per heavy atom. The van der Waals surface area contributed by atoms with Gasteiger partial charge in [0.25, 0.3) is 0 Å². The molecule has 1 aromatic rings. The van der Waals surface area contributed by atoms with Crippen LogP contribution in [-0.2, 0) is 0 Å². The predicted octanol–water partition coefficient (Wildman–Crippen LogP) is 1.13. The Kier molecular flexibility index (Phi) is 0.640. The summed E-state index contributed by atoms with van der Waals surface area (Å²) in [5, 5.41) is 3.08. The maximum absolute atomic E-state index is 5.00. The summed E-state index contributed by atoms with van der Waals surface area (Å²) in [6, 6.07) is 1.90. The van der Waals surface area contributed by atoms with E-state index in [9.17, 15) is 0 Å². The van der Waals surface area contributed by atoms with Gasteiger partial charge in [-0.2, -0.15) is 0 Å². The molecule has 0 aliphatic carbocycles. The van der Waals surface area contributed by atoms with Gasteiger partial charge in [-0.1, -0.05) is 0 Å². The number of hydrogen-bond donors (Lipinski definition) is 1. The van der Waals surface area contributed by atoms with E-state index in [2.05, 4.69) is 11.7 Å². The molecule has 2 heterocycles. The van der Waals surface area contributed by atoms with Crippen molar-refractivity contribution in [3.8, 4) is 0 Å². The quantitative estimate of drug-likeness (QED) is 0.537. The van der Waals surface area contributed by atoms with Crippen molar-refractivity contribution in [2.75, 3.05) is 11.9 Å². The van der Waals surface area contributed by atoms with E-state index in [1.54, 1.807) is 6.26 Å². The summed E-state index contributed by atoms with van der Waals surface area (Å²) in [4.78, 5) is 0. The molecule has 8 heavy (non-hydrogen) atoms. The first-order chi connectivity index (χ1) is 3.97. The van der Waals surface area contributed by atoms with Crippen molar-refractivity contribution < 1.29 is 4.42 Å². The Morgan fingerprint density at radius 1 is 1.75 bits per heavy atom. The van der Waals surface area contributed by atoms with Gasteiger partial charge in [-0.15, -0.1) is 0 Å². The lowest BCUT2D eigenvalue weighted by Crippen LogP contribution is -1.89. The summed E-state index contributed by atoms with van der Waals surface area (Å²) in [6.07, 6.45) is 4.66. The Morgan fingerprint density at radius 2 is 2.75 bits per heavy atom. The van der Waals surface area contributed by atoms with Crippen LogP contribution in [0.3, 0.4) is 0 Å². The van der Waals surface area contributed by atoms with Crippen molar-refractivity contribution in [2.24, 2.45) is 0 Å². The molecule has 0 saturated heterocycles. The minimum absolute atomic E-state index is 0.787. The summed E-state index contributed by atoms with van der Waals surface area (Å²) in [5.41, 5.74) is 1.06. The number of rotatable bonds is 0. The van der Waals surface area contributed by atoms with Gasteiger partial charge in [-0.25, -0.2) is 0 Å². The van der Waals surface area contributed by atoms with Gasteiger partial charge in [0, 0.05) is 6.54 Å². The van der Waals surface area contributed by atoms with Gasteiger partial charge in [0.1, 0.15) is 5.76 Å². The van der Waals surface area contributed by atoms with E-state index in [0.29, 0.717) is 0 Å². The smallest absolute Gasteiger partial charge is 0.136 e. The zero-order chi connectivity index (χ0) is 5.40.